The van der Waals surface area contributed by atoms with Crippen LogP contribution >= 0.6 is 0 Å². The number of aliphatic carboxylic acids is 1. The van der Waals surface area contributed by atoms with Gasteiger partial charge in [-0.1, -0.05) is 12.1 Å². The number of halogens is 1. The van der Waals surface area contributed by atoms with Crippen LogP contribution in [0.1, 0.15) is 26.7 Å². The van der Waals surface area contributed by atoms with Crippen LogP contribution in [0.4, 0.5) is 4.39 Å². The number of carbonyl (C=O) groups is 2. The number of hydrogen-bond acceptors (Lipinski definition) is 4. The first-order chi connectivity index (χ1) is 11.1. The number of carboxylic acids is 1. The Balaban J connectivity index is 2.18. The molecule has 1 amide bonds. The molecule has 2 atom stereocenters. The van der Waals surface area contributed by atoms with Gasteiger partial charge in [0.15, 0.2) is 0 Å². The van der Waals surface area contributed by atoms with Crippen molar-refractivity contribution in [1.82, 2.24) is 9.62 Å². The van der Waals surface area contributed by atoms with Crippen molar-refractivity contribution < 1.29 is 27.5 Å². The third-order valence-corrected chi connectivity index (χ3v) is 5.37. The molecule has 1 aliphatic rings. The molecule has 7 nitrogen and oxygen atoms in total. The monoisotopic (exact) mass is 358 g/mol. The summed E-state index contributed by atoms with van der Waals surface area (Å²) in [4.78, 5) is 24.3. The molecule has 2 rings (SSSR count). The third-order valence-electron chi connectivity index (χ3n) is 3.80. The van der Waals surface area contributed by atoms with E-state index in [0.29, 0.717) is 12.8 Å². The van der Waals surface area contributed by atoms with Crippen LogP contribution in [0.5, 0.6) is 0 Å². The van der Waals surface area contributed by atoms with E-state index in [1.165, 1.54) is 30.9 Å². The van der Waals surface area contributed by atoms with E-state index in [2.05, 4.69) is 4.72 Å². The van der Waals surface area contributed by atoms with Crippen molar-refractivity contribution >= 4 is 21.9 Å². The van der Waals surface area contributed by atoms with E-state index >= 15 is 0 Å². The van der Waals surface area contributed by atoms with Crippen LogP contribution < -0.4 is 4.72 Å². The lowest BCUT2D eigenvalue weighted by Crippen LogP contribution is -2.52. The van der Waals surface area contributed by atoms with Crippen molar-refractivity contribution in [3.63, 3.8) is 0 Å². The van der Waals surface area contributed by atoms with Gasteiger partial charge in [0, 0.05) is 6.04 Å². The van der Waals surface area contributed by atoms with Crippen LogP contribution in [0, 0.1) is 5.82 Å². The molecular weight excluding hydrogens is 339 g/mol. The first-order valence-corrected chi connectivity index (χ1v) is 8.95. The molecule has 2 unspecified atom stereocenters. The highest BCUT2D eigenvalue weighted by atomic mass is 32.2. The molecule has 0 radical (unpaired) electrons. The zero-order valence-electron chi connectivity index (χ0n) is 13.3. The van der Waals surface area contributed by atoms with E-state index in [9.17, 15) is 22.4 Å². The molecule has 2 N–H and O–H groups in total. The van der Waals surface area contributed by atoms with Crippen LogP contribution in [-0.4, -0.2) is 48.4 Å². The Labute approximate surface area is 139 Å². The van der Waals surface area contributed by atoms with Gasteiger partial charge in [-0.15, -0.1) is 0 Å². The lowest BCUT2D eigenvalue weighted by molar-refractivity contribution is -0.150. The van der Waals surface area contributed by atoms with Gasteiger partial charge in [0.2, 0.25) is 15.9 Å². The highest BCUT2D eigenvalue weighted by molar-refractivity contribution is 7.89. The molecule has 0 aromatic heterocycles. The van der Waals surface area contributed by atoms with Crippen LogP contribution in [0.2, 0.25) is 0 Å². The normalized spacial score (nSPS) is 17.1. The maximum absolute atomic E-state index is 13.7. The van der Waals surface area contributed by atoms with Crippen molar-refractivity contribution in [2.75, 3.05) is 0 Å². The summed E-state index contributed by atoms with van der Waals surface area (Å²) in [6.07, 6.45) is 1.35. The Morgan fingerprint density at radius 2 is 1.88 bits per heavy atom. The molecule has 1 saturated carbocycles. The van der Waals surface area contributed by atoms with Crippen molar-refractivity contribution in [2.24, 2.45) is 0 Å². The summed E-state index contributed by atoms with van der Waals surface area (Å²) < 4.78 is 40.3. The summed E-state index contributed by atoms with van der Waals surface area (Å²) in [5, 5.41) is 9.12. The molecular formula is C15H19FN2O5S. The van der Waals surface area contributed by atoms with Crippen LogP contribution in [0.25, 0.3) is 0 Å². The number of carboxylic acid groups (broad SMARTS) is 1. The lowest BCUT2D eigenvalue weighted by Gasteiger charge is -2.29. The van der Waals surface area contributed by atoms with Gasteiger partial charge in [0.1, 0.15) is 16.8 Å². The SMILES string of the molecule is CC(NS(=O)(=O)c1ccccc1F)C(=O)N(C1CC1)C(C)C(=O)O. The van der Waals surface area contributed by atoms with Crippen LogP contribution in [-0.2, 0) is 19.6 Å². The highest BCUT2D eigenvalue weighted by Gasteiger charge is 2.40. The minimum absolute atomic E-state index is 0.205. The van der Waals surface area contributed by atoms with Gasteiger partial charge < -0.3 is 10.0 Å². The lowest BCUT2D eigenvalue weighted by atomic mass is 10.2. The predicted molar refractivity (Wildman–Crippen MR) is 83.1 cm³/mol. The summed E-state index contributed by atoms with van der Waals surface area (Å²) in [6, 6.07) is 2.34. The largest absolute Gasteiger partial charge is 0.480 e. The number of rotatable bonds is 7. The maximum Gasteiger partial charge on any atom is 0.326 e. The number of benzene rings is 1. The average molecular weight is 358 g/mol. The third kappa shape index (κ3) is 3.90. The minimum atomic E-state index is -4.24. The number of nitrogens with one attached hydrogen (secondary N) is 1. The molecule has 1 aromatic rings. The fraction of sp³-hybridized carbons (Fsp3) is 0.467. The molecule has 1 fully saturated rings. The molecule has 0 heterocycles. The highest BCUT2D eigenvalue weighted by Crippen LogP contribution is 2.29. The second-order valence-electron chi connectivity index (χ2n) is 5.76. The van der Waals surface area contributed by atoms with Gasteiger partial charge in [-0.05, 0) is 38.8 Å². The van der Waals surface area contributed by atoms with Gasteiger partial charge in [-0.3, -0.25) is 4.79 Å². The Morgan fingerprint density at radius 3 is 2.38 bits per heavy atom. The van der Waals surface area contributed by atoms with E-state index in [0.717, 1.165) is 12.1 Å². The van der Waals surface area contributed by atoms with E-state index in [1.807, 2.05) is 0 Å². The van der Waals surface area contributed by atoms with Gasteiger partial charge in [0.05, 0.1) is 6.04 Å². The second-order valence-corrected chi connectivity index (χ2v) is 7.45. The van der Waals surface area contributed by atoms with Crippen molar-refractivity contribution in [2.45, 2.75) is 49.7 Å². The van der Waals surface area contributed by atoms with Crippen molar-refractivity contribution in [3.8, 4) is 0 Å². The number of sulfonamides is 1. The Kier molecular flexibility index (Phi) is 5.24. The molecule has 1 aromatic carbocycles. The molecule has 0 bridgehead atoms. The average Bonchev–Trinajstić information content (AvgIpc) is 3.31. The summed E-state index contributed by atoms with van der Waals surface area (Å²) in [6.45, 7) is 2.68. The van der Waals surface area contributed by atoms with Gasteiger partial charge in [0.25, 0.3) is 0 Å². The van der Waals surface area contributed by atoms with E-state index < -0.39 is 44.7 Å². The van der Waals surface area contributed by atoms with Crippen molar-refractivity contribution in [3.05, 3.63) is 30.1 Å². The fourth-order valence-corrected chi connectivity index (χ4v) is 3.67. The van der Waals surface area contributed by atoms with E-state index in [4.69, 9.17) is 5.11 Å². The first-order valence-electron chi connectivity index (χ1n) is 7.47. The van der Waals surface area contributed by atoms with Gasteiger partial charge in [-0.25, -0.2) is 17.6 Å². The zero-order chi connectivity index (χ0) is 18.1. The number of nitrogens with zero attached hydrogens (tertiary/aromatic N) is 1. The molecule has 132 valence electrons. The van der Waals surface area contributed by atoms with Gasteiger partial charge >= 0.3 is 5.97 Å². The second kappa shape index (κ2) is 6.86. The predicted octanol–water partition coefficient (Wildman–Crippen LogP) is 0.957. The zero-order valence-corrected chi connectivity index (χ0v) is 14.1. The quantitative estimate of drug-likeness (QED) is 0.755. The standard InChI is InChI=1S/C15H19FN2O5S/c1-9(14(19)18(11-7-8-11)10(2)15(20)21)17-24(22,23)13-6-4-3-5-12(13)16/h3-6,9-11,17H,7-8H2,1-2H3,(H,20,21). The molecule has 1 aliphatic carbocycles. The Morgan fingerprint density at radius 1 is 1.29 bits per heavy atom. The Bertz CT molecular complexity index is 748. The summed E-state index contributed by atoms with van der Waals surface area (Å²) in [7, 11) is -4.24. The Hall–Kier alpha value is -2.00. The number of hydrogen-bond donors (Lipinski definition) is 2. The summed E-state index contributed by atoms with van der Waals surface area (Å²) in [5.41, 5.74) is 0. The van der Waals surface area contributed by atoms with E-state index in [1.54, 1.807) is 0 Å². The van der Waals surface area contributed by atoms with E-state index in [-0.39, 0.29) is 6.04 Å². The molecule has 0 aliphatic heterocycles. The molecule has 9 heteroatoms. The van der Waals surface area contributed by atoms with Crippen molar-refractivity contribution in [1.29, 1.82) is 0 Å². The molecule has 0 spiro atoms. The fourth-order valence-electron chi connectivity index (χ4n) is 2.39. The molecule has 0 saturated heterocycles. The van der Waals surface area contributed by atoms with Crippen LogP contribution in [0.3, 0.4) is 0 Å². The van der Waals surface area contributed by atoms with Crippen LogP contribution in [0.15, 0.2) is 29.2 Å². The minimum Gasteiger partial charge on any atom is -0.480 e. The van der Waals surface area contributed by atoms with Gasteiger partial charge in [-0.2, -0.15) is 4.72 Å². The first kappa shape index (κ1) is 18.3. The summed E-state index contributed by atoms with van der Waals surface area (Å²) >= 11 is 0. The smallest absolute Gasteiger partial charge is 0.326 e. The molecule has 24 heavy (non-hydrogen) atoms. The topological polar surface area (TPSA) is 104 Å². The number of amides is 1. The number of carbonyl (C=O) groups excluding carboxylic acids is 1. The summed E-state index contributed by atoms with van der Waals surface area (Å²) in [5.74, 6) is -2.74. The maximum atomic E-state index is 13.7.